The summed E-state index contributed by atoms with van der Waals surface area (Å²) in [5.41, 5.74) is 7.82. The van der Waals surface area contributed by atoms with Gasteiger partial charge < -0.3 is 5.73 Å². The van der Waals surface area contributed by atoms with Crippen LogP contribution in [0.5, 0.6) is 0 Å². The van der Waals surface area contributed by atoms with E-state index in [4.69, 9.17) is 5.73 Å². The fraction of sp³-hybridized carbons (Fsp3) is 0.400. The molecule has 2 aromatic heterocycles. The lowest BCUT2D eigenvalue weighted by atomic mass is 10.0. The standard InChI is InChI=1S/C20H22F3N9O2/c1-12-5-2-3-8-31(12)11-15-16(26-30-32(15)18-17(24)28-34-29-18)19(33)27-25-10-13-6-4-7-14(9-13)20(21,22)23/h4,6-7,9-10,12H,2-3,5,8,11H2,1H3,(H2,24,28)(H,27,33)/b25-10+/t12-/m0/s1. The molecule has 1 atom stereocenters. The van der Waals surface area contributed by atoms with Crippen LogP contribution in [-0.4, -0.2) is 54.9 Å². The number of benzene rings is 1. The zero-order valence-electron chi connectivity index (χ0n) is 18.2. The Morgan fingerprint density at radius 2 is 2.18 bits per heavy atom. The van der Waals surface area contributed by atoms with Crippen molar-refractivity contribution in [1.29, 1.82) is 0 Å². The highest BCUT2D eigenvalue weighted by Crippen LogP contribution is 2.29. The van der Waals surface area contributed by atoms with Crippen LogP contribution in [-0.2, 0) is 12.7 Å². The highest BCUT2D eigenvalue weighted by molar-refractivity contribution is 5.94. The predicted molar refractivity (Wildman–Crippen MR) is 114 cm³/mol. The first-order valence-electron chi connectivity index (χ1n) is 10.5. The Bertz CT molecular complexity index is 1190. The van der Waals surface area contributed by atoms with Gasteiger partial charge in [0.25, 0.3) is 5.91 Å². The Morgan fingerprint density at radius 1 is 1.35 bits per heavy atom. The van der Waals surface area contributed by atoms with Crippen LogP contribution in [0.3, 0.4) is 0 Å². The number of rotatable bonds is 6. The number of nitrogens with one attached hydrogen (secondary N) is 1. The number of amides is 1. The second-order valence-corrected chi connectivity index (χ2v) is 7.91. The number of nitrogens with two attached hydrogens (primary N) is 1. The van der Waals surface area contributed by atoms with Gasteiger partial charge in [0.1, 0.15) is 0 Å². The number of nitrogen functional groups attached to an aromatic ring is 1. The van der Waals surface area contributed by atoms with Crippen molar-refractivity contribution in [2.45, 2.75) is 44.9 Å². The summed E-state index contributed by atoms with van der Waals surface area (Å²) in [6, 6.07) is 4.85. The largest absolute Gasteiger partial charge is 0.416 e. The molecule has 1 aliphatic heterocycles. The second kappa shape index (κ2) is 9.59. The van der Waals surface area contributed by atoms with Crippen molar-refractivity contribution in [2.75, 3.05) is 12.3 Å². The second-order valence-electron chi connectivity index (χ2n) is 7.91. The predicted octanol–water partition coefficient (Wildman–Crippen LogP) is 2.39. The van der Waals surface area contributed by atoms with E-state index < -0.39 is 17.6 Å². The summed E-state index contributed by atoms with van der Waals surface area (Å²) < 4.78 is 44.6. The Hall–Kier alpha value is -3.81. The van der Waals surface area contributed by atoms with Gasteiger partial charge in [-0.25, -0.2) is 10.1 Å². The third kappa shape index (κ3) is 5.06. The van der Waals surface area contributed by atoms with Crippen LogP contribution >= 0.6 is 0 Å². The number of alkyl halides is 3. The van der Waals surface area contributed by atoms with Gasteiger partial charge in [-0.3, -0.25) is 9.69 Å². The normalized spacial score (nSPS) is 17.4. The molecule has 0 saturated carbocycles. The molecule has 0 bridgehead atoms. The first-order valence-corrected chi connectivity index (χ1v) is 10.5. The summed E-state index contributed by atoms with van der Waals surface area (Å²) in [4.78, 5) is 15.0. The summed E-state index contributed by atoms with van der Waals surface area (Å²) in [6.07, 6.45) is -0.221. The molecule has 0 spiro atoms. The molecule has 0 aliphatic carbocycles. The van der Waals surface area contributed by atoms with E-state index in [1.807, 2.05) is 0 Å². The summed E-state index contributed by atoms with van der Waals surface area (Å²) >= 11 is 0. The Balaban J connectivity index is 1.57. The third-order valence-electron chi connectivity index (χ3n) is 5.56. The number of anilines is 1. The molecule has 4 rings (SSSR count). The van der Waals surface area contributed by atoms with Gasteiger partial charge >= 0.3 is 6.18 Å². The van der Waals surface area contributed by atoms with E-state index in [-0.39, 0.29) is 28.9 Å². The zero-order chi connectivity index (χ0) is 24.3. The molecule has 1 amide bonds. The average Bonchev–Trinajstić information content (AvgIpc) is 3.40. The van der Waals surface area contributed by atoms with Crippen molar-refractivity contribution in [3.63, 3.8) is 0 Å². The van der Waals surface area contributed by atoms with Crippen molar-refractivity contribution in [1.82, 2.24) is 35.6 Å². The fourth-order valence-electron chi connectivity index (χ4n) is 3.73. The summed E-state index contributed by atoms with van der Waals surface area (Å²) in [6.45, 7) is 3.26. The number of likely N-dealkylation sites (tertiary alicyclic amines) is 1. The zero-order valence-corrected chi connectivity index (χ0v) is 18.2. The van der Waals surface area contributed by atoms with E-state index in [0.29, 0.717) is 12.2 Å². The number of carbonyl (C=O) groups is 1. The van der Waals surface area contributed by atoms with Crippen molar-refractivity contribution >= 4 is 17.9 Å². The first kappa shape index (κ1) is 23.4. The topological polar surface area (TPSA) is 140 Å². The number of aromatic nitrogens is 5. The summed E-state index contributed by atoms with van der Waals surface area (Å²) in [7, 11) is 0. The van der Waals surface area contributed by atoms with Gasteiger partial charge in [-0.1, -0.05) is 23.8 Å². The van der Waals surface area contributed by atoms with Crippen LogP contribution in [0, 0.1) is 0 Å². The molecular weight excluding hydrogens is 455 g/mol. The molecule has 3 N–H and O–H groups in total. The van der Waals surface area contributed by atoms with Crippen LogP contribution in [0.1, 0.15) is 53.5 Å². The average molecular weight is 477 g/mol. The van der Waals surface area contributed by atoms with Crippen LogP contribution in [0.2, 0.25) is 0 Å². The van der Waals surface area contributed by atoms with Gasteiger partial charge in [0.2, 0.25) is 11.6 Å². The van der Waals surface area contributed by atoms with E-state index in [9.17, 15) is 18.0 Å². The lowest BCUT2D eigenvalue weighted by Gasteiger charge is -2.33. The van der Waals surface area contributed by atoms with Crippen LogP contribution in [0.25, 0.3) is 5.82 Å². The van der Waals surface area contributed by atoms with Gasteiger partial charge in [0, 0.05) is 12.6 Å². The molecule has 14 heteroatoms. The van der Waals surface area contributed by atoms with E-state index >= 15 is 0 Å². The van der Waals surface area contributed by atoms with Gasteiger partial charge in [-0.15, -0.1) is 5.10 Å². The maximum atomic E-state index is 12.9. The Morgan fingerprint density at radius 3 is 2.88 bits per heavy atom. The Labute approximate surface area is 191 Å². The molecule has 180 valence electrons. The van der Waals surface area contributed by atoms with Crippen molar-refractivity contribution in [3.8, 4) is 5.82 Å². The quantitative estimate of drug-likeness (QED) is 0.407. The first-order chi connectivity index (χ1) is 16.2. The highest BCUT2D eigenvalue weighted by atomic mass is 19.4. The minimum absolute atomic E-state index is 0.0210. The lowest BCUT2D eigenvalue weighted by Crippen LogP contribution is -2.38. The van der Waals surface area contributed by atoms with Crippen molar-refractivity contribution in [3.05, 3.63) is 46.8 Å². The molecule has 0 unspecified atom stereocenters. The van der Waals surface area contributed by atoms with Crippen molar-refractivity contribution in [2.24, 2.45) is 5.10 Å². The fourth-order valence-corrected chi connectivity index (χ4v) is 3.73. The number of hydrogen-bond acceptors (Lipinski definition) is 9. The number of nitrogens with zero attached hydrogens (tertiary/aromatic N) is 7. The van der Waals surface area contributed by atoms with Crippen LogP contribution < -0.4 is 11.2 Å². The van der Waals surface area contributed by atoms with E-state index in [0.717, 1.165) is 44.2 Å². The molecule has 1 fully saturated rings. The molecule has 34 heavy (non-hydrogen) atoms. The van der Waals surface area contributed by atoms with Crippen LogP contribution in [0.15, 0.2) is 34.0 Å². The molecule has 3 aromatic rings. The van der Waals surface area contributed by atoms with Gasteiger partial charge in [0.05, 0.1) is 17.5 Å². The van der Waals surface area contributed by atoms with E-state index in [2.05, 4.69) is 47.6 Å². The summed E-state index contributed by atoms with van der Waals surface area (Å²) in [5.74, 6) is -0.616. The molecule has 1 aliphatic rings. The molecular formula is C20H22F3N9O2. The lowest BCUT2D eigenvalue weighted by molar-refractivity contribution is -0.137. The van der Waals surface area contributed by atoms with E-state index in [1.54, 1.807) is 0 Å². The minimum Gasteiger partial charge on any atom is -0.378 e. The SMILES string of the molecule is C[C@H]1CCCCN1Cc1c(C(=O)N/N=C/c2cccc(C(F)(F)F)c2)nnn1-c1nonc1N. The number of piperidine rings is 1. The minimum atomic E-state index is -4.48. The number of hydrazone groups is 1. The maximum Gasteiger partial charge on any atom is 0.416 e. The van der Waals surface area contributed by atoms with Gasteiger partial charge in [-0.05, 0) is 54.3 Å². The van der Waals surface area contributed by atoms with Crippen LogP contribution in [0.4, 0.5) is 19.0 Å². The number of halogens is 3. The third-order valence-corrected chi connectivity index (χ3v) is 5.56. The van der Waals surface area contributed by atoms with Gasteiger partial charge in [0.15, 0.2) is 5.69 Å². The summed E-state index contributed by atoms with van der Waals surface area (Å²) in [5, 5.41) is 19.0. The molecule has 0 radical (unpaired) electrons. The van der Waals surface area contributed by atoms with Gasteiger partial charge in [-0.2, -0.15) is 23.0 Å². The number of carbonyl (C=O) groups excluding carboxylic acids is 1. The maximum absolute atomic E-state index is 12.9. The monoisotopic (exact) mass is 477 g/mol. The molecule has 3 heterocycles. The highest BCUT2D eigenvalue weighted by Gasteiger charge is 2.30. The van der Waals surface area contributed by atoms with Crippen molar-refractivity contribution < 1.29 is 22.6 Å². The smallest absolute Gasteiger partial charge is 0.378 e. The number of hydrogen-bond donors (Lipinski definition) is 2. The molecule has 1 saturated heterocycles. The Kier molecular flexibility index (Phi) is 6.58. The molecule has 11 nitrogen and oxygen atoms in total. The molecule has 1 aromatic carbocycles. The van der Waals surface area contributed by atoms with E-state index in [1.165, 1.54) is 16.8 Å².